The fourth-order valence-electron chi connectivity index (χ4n) is 4.65. The summed E-state index contributed by atoms with van der Waals surface area (Å²) in [5.74, 6) is 0.417. The van der Waals surface area contributed by atoms with E-state index in [0.29, 0.717) is 25.3 Å². The van der Waals surface area contributed by atoms with Gasteiger partial charge in [0.2, 0.25) is 0 Å². The number of fused-ring (bicyclic) bond motifs is 4. The van der Waals surface area contributed by atoms with E-state index in [4.69, 9.17) is 0 Å². The third kappa shape index (κ3) is 3.06. The predicted molar refractivity (Wildman–Crippen MR) is 109 cm³/mol. The molecule has 2 atom stereocenters. The number of likely N-dealkylation sites (tertiary alicyclic amines) is 1. The van der Waals surface area contributed by atoms with Crippen molar-refractivity contribution in [3.05, 3.63) is 70.2 Å². The molecule has 0 spiro atoms. The summed E-state index contributed by atoms with van der Waals surface area (Å²) in [6.07, 6.45) is 4.50. The summed E-state index contributed by atoms with van der Waals surface area (Å²) in [4.78, 5) is 31.9. The number of rotatable bonds is 2. The molecule has 7 nitrogen and oxygen atoms in total. The zero-order valence-electron chi connectivity index (χ0n) is 16.6. The van der Waals surface area contributed by atoms with Crippen LogP contribution in [0.3, 0.4) is 0 Å². The molecule has 0 aromatic carbocycles. The summed E-state index contributed by atoms with van der Waals surface area (Å²) >= 11 is 0. The predicted octanol–water partition coefficient (Wildman–Crippen LogP) is 2.21. The summed E-state index contributed by atoms with van der Waals surface area (Å²) in [7, 11) is 1.85. The molecule has 0 unspecified atom stereocenters. The molecule has 2 aliphatic heterocycles. The number of nitrogens with zero attached hydrogens (tertiary/aromatic N) is 5. The maximum absolute atomic E-state index is 13.0. The zero-order chi connectivity index (χ0) is 20.1. The van der Waals surface area contributed by atoms with E-state index in [1.165, 1.54) is 0 Å². The van der Waals surface area contributed by atoms with Gasteiger partial charge >= 0.3 is 0 Å². The lowest BCUT2D eigenvalue weighted by Gasteiger charge is -2.42. The van der Waals surface area contributed by atoms with Crippen LogP contribution in [0, 0.1) is 12.8 Å². The lowest BCUT2D eigenvalue weighted by molar-refractivity contribution is 0.0588. The minimum absolute atomic E-state index is 0.0242. The fourth-order valence-corrected chi connectivity index (χ4v) is 4.65. The minimum Gasteiger partial charge on any atom is -0.336 e. The maximum Gasteiger partial charge on any atom is 0.274 e. The number of carbonyl (C=O) groups is 1. The molecular weight excluding hydrogens is 366 g/mol. The minimum atomic E-state index is -0.0254. The van der Waals surface area contributed by atoms with Gasteiger partial charge in [-0.25, -0.2) is 0 Å². The first-order valence-corrected chi connectivity index (χ1v) is 9.94. The Morgan fingerprint density at radius 1 is 1.14 bits per heavy atom. The van der Waals surface area contributed by atoms with Crippen LogP contribution >= 0.6 is 0 Å². The van der Waals surface area contributed by atoms with Crippen molar-refractivity contribution in [2.45, 2.75) is 25.8 Å². The molecular formula is C22H23N5O2. The molecule has 2 bridgehead atoms. The third-order valence-electron chi connectivity index (χ3n) is 6.17. The molecule has 1 fully saturated rings. The van der Waals surface area contributed by atoms with Gasteiger partial charge in [0.15, 0.2) is 5.69 Å². The second kappa shape index (κ2) is 6.69. The van der Waals surface area contributed by atoms with Crippen molar-refractivity contribution in [1.29, 1.82) is 0 Å². The van der Waals surface area contributed by atoms with Crippen molar-refractivity contribution < 1.29 is 4.79 Å². The number of hydrogen-bond acceptors (Lipinski definition) is 4. The van der Waals surface area contributed by atoms with Crippen LogP contribution < -0.4 is 5.56 Å². The van der Waals surface area contributed by atoms with E-state index in [9.17, 15) is 9.59 Å². The summed E-state index contributed by atoms with van der Waals surface area (Å²) in [5, 5.41) is 4.35. The van der Waals surface area contributed by atoms with Gasteiger partial charge in [0.1, 0.15) is 0 Å². The van der Waals surface area contributed by atoms with Gasteiger partial charge in [-0.2, -0.15) is 5.10 Å². The summed E-state index contributed by atoms with van der Waals surface area (Å²) in [6, 6.07) is 9.47. The molecule has 2 aliphatic rings. The first-order valence-electron chi connectivity index (χ1n) is 9.94. The number of hydrogen-bond donors (Lipinski definition) is 0. The van der Waals surface area contributed by atoms with Gasteiger partial charge in [0.25, 0.3) is 11.5 Å². The van der Waals surface area contributed by atoms with Crippen molar-refractivity contribution in [2.24, 2.45) is 13.0 Å². The van der Waals surface area contributed by atoms with Gasteiger partial charge in [-0.3, -0.25) is 19.3 Å². The topological polar surface area (TPSA) is 73.0 Å². The van der Waals surface area contributed by atoms with Crippen molar-refractivity contribution in [2.75, 3.05) is 13.1 Å². The largest absolute Gasteiger partial charge is 0.336 e. The highest BCUT2D eigenvalue weighted by Gasteiger charge is 2.37. The molecule has 0 saturated carbocycles. The van der Waals surface area contributed by atoms with E-state index in [1.807, 2.05) is 41.6 Å². The smallest absolute Gasteiger partial charge is 0.274 e. The second-order valence-electron chi connectivity index (χ2n) is 8.16. The molecule has 0 aliphatic carbocycles. The number of aryl methyl sites for hydroxylation is 2. The summed E-state index contributed by atoms with van der Waals surface area (Å²) in [5.41, 5.74) is 4.31. The fraction of sp³-hybridized carbons (Fsp3) is 0.364. The van der Waals surface area contributed by atoms with E-state index in [-0.39, 0.29) is 23.3 Å². The summed E-state index contributed by atoms with van der Waals surface area (Å²) in [6.45, 7) is 3.88. The van der Waals surface area contributed by atoms with Crippen LogP contribution in [-0.4, -0.2) is 43.2 Å². The molecule has 7 heteroatoms. The van der Waals surface area contributed by atoms with E-state index >= 15 is 0 Å². The average Bonchev–Trinajstić information content (AvgIpc) is 3.07. The third-order valence-corrected chi connectivity index (χ3v) is 6.17. The highest BCUT2D eigenvalue weighted by atomic mass is 16.2. The van der Waals surface area contributed by atoms with Gasteiger partial charge < -0.3 is 9.47 Å². The molecule has 148 valence electrons. The number of aromatic nitrogens is 4. The first-order chi connectivity index (χ1) is 14.0. The molecule has 1 amide bonds. The Morgan fingerprint density at radius 3 is 2.72 bits per heavy atom. The average molecular weight is 389 g/mol. The highest BCUT2D eigenvalue weighted by Crippen LogP contribution is 2.36. The van der Waals surface area contributed by atoms with Crippen molar-refractivity contribution in [3.63, 3.8) is 0 Å². The van der Waals surface area contributed by atoms with Crippen molar-refractivity contribution in [1.82, 2.24) is 24.2 Å². The molecule has 3 aromatic heterocycles. The number of piperidine rings is 1. The Kier molecular flexibility index (Phi) is 4.12. The molecule has 29 heavy (non-hydrogen) atoms. The lowest BCUT2D eigenvalue weighted by Crippen LogP contribution is -2.49. The molecule has 3 aromatic rings. The maximum atomic E-state index is 13.0. The van der Waals surface area contributed by atoms with Gasteiger partial charge in [-0.05, 0) is 43.0 Å². The Labute approximate surface area is 168 Å². The van der Waals surface area contributed by atoms with E-state index < -0.39 is 0 Å². The van der Waals surface area contributed by atoms with Crippen LogP contribution in [0.2, 0.25) is 0 Å². The second-order valence-corrected chi connectivity index (χ2v) is 8.16. The molecule has 0 N–H and O–H groups in total. The van der Waals surface area contributed by atoms with Gasteiger partial charge in [0, 0.05) is 68.0 Å². The van der Waals surface area contributed by atoms with Crippen molar-refractivity contribution in [3.8, 4) is 11.1 Å². The van der Waals surface area contributed by atoms with Crippen LogP contribution in [0.4, 0.5) is 0 Å². The molecule has 0 radical (unpaired) electrons. The standard InChI is InChI=1S/C22H23N5O2/c1-14-6-19(24-25(14)2)22(29)26-11-15-7-18(13-26)20-8-17(9-21(28)27(20)12-15)16-4-3-5-23-10-16/h3-6,8-10,15,18H,7,11-13H2,1-2H3/t15-,18+/m0/s1. The van der Waals surface area contributed by atoms with Crippen LogP contribution in [0.25, 0.3) is 11.1 Å². The van der Waals surface area contributed by atoms with E-state index in [0.717, 1.165) is 28.9 Å². The Balaban J connectivity index is 1.48. The van der Waals surface area contributed by atoms with E-state index in [1.54, 1.807) is 23.1 Å². The Morgan fingerprint density at radius 2 is 2.00 bits per heavy atom. The lowest BCUT2D eigenvalue weighted by atomic mass is 9.82. The number of amides is 1. The Hall–Kier alpha value is -3.22. The van der Waals surface area contributed by atoms with Gasteiger partial charge in [0.05, 0.1) is 0 Å². The highest BCUT2D eigenvalue weighted by molar-refractivity contribution is 5.92. The van der Waals surface area contributed by atoms with Crippen molar-refractivity contribution >= 4 is 5.91 Å². The zero-order valence-corrected chi connectivity index (χ0v) is 16.6. The quantitative estimate of drug-likeness (QED) is 0.674. The van der Waals surface area contributed by atoms with Crippen LogP contribution in [-0.2, 0) is 13.6 Å². The number of pyridine rings is 2. The van der Waals surface area contributed by atoms with Crippen LogP contribution in [0.15, 0.2) is 47.5 Å². The summed E-state index contributed by atoms with van der Waals surface area (Å²) < 4.78 is 3.62. The first kappa shape index (κ1) is 17.8. The van der Waals surface area contributed by atoms with Crippen LogP contribution in [0.1, 0.15) is 34.2 Å². The SMILES string of the molecule is Cc1cc(C(=O)N2C[C@@H]3C[C@H](C2)c2cc(-c4cccnc4)cc(=O)n2C3)nn1C. The Bertz CT molecular complexity index is 1130. The molecule has 1 saturated heterocycles. The molecule has 5 rings (SSSR count). The van der Waals surface area contributed by atoms with Crippen LogP contribution in [0.5, 0.6) is 0 Å². The normalized spacial score (nSPS) is 20.4. The monoisotopic (exact) mass is 389 g/mol. The van der Waals surface area contributed by atoms with Gasteiger partial charge in [-0.15, -0.1) is 0 Å². The van der Waals surface area contributed by atoms with E-state index in [2.05, 4.69) is 16.1 Å². The molecule has 5 heterocycles. The number of carbonyl (C=O) groups excluding carboxylic acids is 1. The van der Waals surface area contributed by atoms with Gasteiger partial charge in [-0.1, -0.05) is 6.07 Å².